The summed E-state index contributed by atoms with van der Waals surface area (Å²) in [5, 5.41) is 3.38. The summed E-state index contributed by atoms with van der Waals surface area (Å²) >= 11 is 9.16. The first-order valence-electron chi connectivity index (χ1n) is 4.88. The fourth-order valence-corrected chi connectivity index (χ4v) is 2.18. The molecule has 17 heavy (non-hydrogen) atoms. The zero-order valence-corrected chi connectivity index (χ0v) is 11.3. The van der Waals surface area contributed by atoms with Crippen molar-refractivity contribution in [2.45, 2.75) is 6.92 Å². The Balaban J connectivity index is 2.22. The zero-order valence-electron chi connectivity index (χ0n) is 8.96. The van der Waals surface area contributed by atoms with Crippen LogP contribution in [-0.4, -0.2) is 5.91 Å². The number of nitrogens with one attached hydrogen (secondary N) is 1. The van der Waals surface area contributed by atoms with Crippen molar-refractivity contribution in [1.29, 1.82) is 0 Å². The maximum absolute atomic E-state index is 11.9. The van der Waals surface area contributed by atoms with Crippen LogP contribution >= 0.6 is 27.5 Å². The molecule has 0 aliphatic rings. The second-order valence-electron chi connectivity index (χ2n) is 3.47. The van der Waals surface area contributed by atoms with E-state index in [4.69, 9.17) is 16.0 Å². The first kappa shape index (κ1) is 12.2. The van der Waals surface area contributed by atoms with E-state index in [0.29, 0.717) is 22.0 Å². The third-order valence-corrected chi connectivity index (χ3v) is 3.17. The van der Waals surface area contributed by atoms with Gasteiger partial charge in [-0.3, -0.25) is 4.79 Å². The van der Waals surface area contributed by atoms with Crippen LogP contribution in [-0.2, 0) is 0 Å². The number of benzene rings is 1. The molecular weight excluding hydrogens is 305 g/mol. The van der Waals surface area contributed by atoms with Gasteiger partial charge >= 0.3 is 0 Å². The molecule has 0 bridgehead atoms. The second-order valence-corrected chi connectivity index (χ2v) is 4.76. The molecule has 0 spiro atoms. The number of rotatable bonds is 2. The van der Waals surface area contributed by atoms with E-state index in [1.807, 2.05) is 0 Å². The third-order valence-electron chi connectivity index (χ3n) is 2.28. The molecular formula is C12H9BrClNO2. The highest BCUT2D eigenvalue weighted by molar-refractivity contribution is 9.10. The quantitative estimate of drug-likeness (QED) is 0.900. The van der Waals surface area contributed by atoms with Crippen LogP contribution in [0.1, 0.15) is 16.1 Å². The number of anilines is 1. The lowest BCUT2D eigenvalue weighted by Gasteiger charge is -2.06. The van der Waals surface area contributed by atoms with Crippen molar-refractivity contribution in [2.75, 3.05) is 5.32 Å². The number of halogens is 2. The molecule has 0 saturated carbocycles. The Kier molecular flexibility index (Phi) is 3.54. The highest BCUT2D eigenvalue weighted by atomic mass is 79.9. The van der Waals surface area contributed by atoms with E-state index in [0.717, 1.165) is 4.47 Å². The van der Waals surface area contributed by atoms with Gasteiger partial charge in [0.15, 0.2) is 0 Å². The molecule has 1 aromatic carbocycles. The molecule has 3 nitrogen and oxygen atoms in total. The molecule has 0 radical (unpaired) electrons. The first-order chi connectivity index (χ1) is 8.08. The lowest BCUT2D eigenvalue weighted by atomic mass is 10.2. The summed E-state index contributed by atoms with van der Waals surface area (Å²) in [4.78, 5) is 11.9. The number of carbonyl (C=O) groups is 1. The van der Waals surface area contributed by atoms with Crippen LogP contribution in [0.4, 0.5) is 5.69 Å². The summed E-state index contributed by atoms with van der Waals surface area (Å²) in [6.45, 7) is 1.74. The van der Waals surface area contributed by atoms with Gasteiger partial charge in [-0.25, -0.2) is 0 Å². The number of amides is 1. The average Bonchev–Trinajstić information content (AvgIpc) is 2.68. The Morgan fingerprint density at radius 3 is 2.76 bits per heavy atom. The van der Waals surface area contributed by atoms with E-state index in [1.54, 1.807) is 31.2 Å². The molecule has 88 valence electrons. The summed E-state index contributed by atoms with van der Waals surface area (Å²) in [7, 11) is 0. The Bertz CT molecular complexity index is 565. The lowest BCUT2D eigenvalue weighted by molar-refractivity contribution is 0.102. The minimum atomic E-state index is -0.209. The highest BCUT2D eigenvalue weighted by Crippen LogP contribution is 2.26. The largest absolute Gasteiger partial charge is 0.469 e. The number of carbonyl (C=O) groups excluding carboxylic acids is 1. The van der Waals surface area contributed by atoms with Gasteiger partial charge in [-0.15, -0.1) is 0 Å². The van der Waals surface area contributed by atoms with Crippen LogP contribution in [0.2, 0.25) is 5.02 Å². The van der Waals surface area contributed by atoms with Crippen molar-refractivity contribution in [1.82, 2.24) is 0 Å². The minimum absolute atomic E-state index is 0.209. The molecule has 1 N–H and O–H groups in total. The molecule has 2 aromatic rings. The average molecular weight is 315 g/mol. The topological polar surface area (TPSA) is 42.2 Å². The van der Waals surface area contributed by atoms with Gasteiger partial charge in [0, 0.05) is 9.50 Å². The Hall–Kier alpha value is -1.26. The van der Waals surface area contributed by atoms with E-state index in [1.165, 1.54) is 6.26 Å². The predicted molar refractivity (Wildman–Crippen MR) is 70.6 cm³/mol. The van der Waals surface area contributed by atoms with Gasteiger partial charge in [-0.1, -0.05) is 11.6 Å². The van der Waals surface area contributed by atoms with Gasteiger partial charge in [-0.05, 0) is 47.1 Å². The summed E-state index contributed by atoms with van der Waals surface area (Å²) in [6, 6.07) is 6.80. The van der Waals surface area contributed by atoms with Crippen molar-refractivity contribution in [3.8, 4) is 0 Å². The lowest BCUT2D eigenvalue weighted by Crippen LogP contribution is -2.12. The maximum atomic E-state index is 11.9. The van der Waals surface area contributed by atoms with Gasteiger partial charge in [0.05, 0.1) is 17.5 Å². The molecule has 0 fully saturated rings. The van der Waals surface area contributed by atoms with Crippen LogP contribution in [0.3, 0.4) is 0 Å². The normalized spacial score (nSPS) is 10.3. The Morgan fingerprint density at radius 1 is 1.41 bits per heavy atom. The third kappa shape index (κ3) is 2.70. The van der Waals surface area contributed by atoms with E-state index in [-0.39, 0.29) is 5.91 Å². The van der Waals surface area contributed by atoms with E-state index in [2.05, 4.69) is 21.2 Å². The molecule has 1 amide bonds. The number of hydrogen-bond donors (Lipinski definition) is 1. The van der Waals surface area contributed by atoms with E-state index in [9.17, 15) is 4.79 Å². The Morgan fingerprint density at radius 2 is 2.18 bits per heavy atom. The van der Waals surface area contributed by atoms with Crippen LogP contribution in [0.25, 0.3) is 0 Å². The fourth-order valence-electron chi connectivity index (χ4n) is 1.40. The molecule has 5 heteroatoms. The van der Waals surface area contributed by atoms with Crippen LogP contribution < -0.4 is 5.32 Å². The molecule has 0 saturated heterocycles. The Labute approximate surface area is 112 Å². The van der Waals surface area contributed by atoms with Gasteiger partial charge in [0.2, 0.25) is 0 Å². The molecule has 0 aliphatic carbocycles. The van der Waals surface area contributed by atoms with Gasteiger partial charge < -0.3 is 9.73 Å². The molecule has 1 aromatic heterocycles. The number of furan rings is 1. The van der Waals surface area contributed by atoms with Crippen LogP contribution in [0, 0.1) is 6.92 Å². The first-order valence-corrected chi connectivity index (χ1v) is 6.05. The number of aryl methyl sites for hydroxylation is 1. The van der Waals surface area contributed by atoms with Crippen molar-refractivity contribution < 1.29 is 9.21 Å². The fraction of sp³-hybridized carbons (Fsp3) is 0.0833. The number of hydrogen-bond acceptors (Lipinski definition) is 2. The monoisotopic (exact) mass is 313 g/mol. The molecule has 0 atom stereocenters. The van der Waals surface area contributed by atoms with E-state index < -0.39 is 0 Å². The van der Waals surface area contributed by atoms with Crippen molar-refractivity contribution in [2.24, 2.45) is 0 Å². The van der Waals surface area contributed by atoms with Crippen molar-refractivity contribution in [3.63, 3.8) is 0 Å². The highest BCUT2D eigenvalue weighted by Gasteiger charge is 2.12. The van der Waals surface area contributed by atoms with Crippen LogP contribution in [0.15, 0.2) is 39.4 Å². The van der Waals surface area contributed by atoms with Gasteiger partial charge in [0.1, 0.15) is 5.76 Å². The smallest absolute Gasteiger partial charge is 0.259 e. The summed E-state index contributed by atoms with van der Waals surface area (Å²) in [5.74, 6) is 0.381. The summed E-state index contributed by atoms with van der Waals surface area (Å²) in [6.07, 6.45) is 1.49. The second kappa shape index (κ2) is 4.94. The van der Waals surface area contributed by atoms with Crippen molar-refractivity contribution >= 4 is 39.1 Å². The summed E-state index contributed by atoms with van der Waals surface area (Å²) < 4.78 is 5.81. The van der Waals surface area contributed by atoms with E-state index >= 15 is 0 Å². The predicted octanol–water partition coefficient (Wildman–Crippen LogP) is 4.26. The molecule has 1 heterocycles. The zero-order chi connectivity index (χ0) is 12.4. The SMILES string of the molecule is Cc1occc1C(=O)Nc1ccc(Cl)cc1Br. The molecule has 0 unspecified atom stereocenters. The van der Waals surface area contributed by atoms with Gasteiger partial charge in [0.25, 0.3) is 5.91 Å². The summed E-state index contributed by atoms with van der Waals surface area (Å²) in [5.41, 5.74) is 1.19. The minimum Gasteiger partial charge on any atom is -0.469 e. The molecule has 0 aliphatic heterocycles. The van der Waals surface area contributed by atoms with Gasteiger partial charge in [-0.2, -0.15) is 0 Å². The van der Waals surface area contributed by atoms with Crippen LogP contribution in [0.5, 0.6) is 0 Å². The standard InChI is InChI=1S/C12H9BrClNO2/c1-7-9(4-5-17-7)12(16)15-11-3-2-8(14)6-10(11)13/h2-6H,1H3,(H,15,16). The molecule has 2 rings (SSSR count). The van der Waals surface area contributed by atoms with Crippen molar-refractivity contribution in [3.05, 3.63) is 51.3 Å². The maximum Gasteiger partial charge on any atom is 0.259 e.